The number of ether oxygens (including phenoxy) is 1. The van der Waals surface area contributed by atoms with Gasteiger partial charge in [-0.3, -0.25) is 19.3 Å². The van der Waals surface area contributed by atoms with Gasteiger partial charge in [0.2, 0.25) is 17.7 Å². The van der Waals surface area contributed by atoms with E-state index in [1.54, 1.807) is 18.2 Å². The predicted molar refractivity (Wildman–Crippen MR) is 77.0 cm³/mol. The number of nitrogens with one attached hydrogen (secondary N) is 1. The molecule has 0 aliphatic carbocycles. The van der Waals surface area contributed by atoms with Gasteiger partial charge >= 0.3 is 5.97 Å². The van der Waals surface area contributed by atoms with Gasteiger partial charge in [0.1, 0.15) is 6.04 Å². The quantitative estimate of drug-likeness (QED) is 0.660. The summed E-state index contributed by atoms with van der Waals surface area (Å²) in [6, 6.07) is 5.41. The lowest BCUT2D eigenvalue weighted by atomic mass is 10.1. The highest BCUT2D eigenvalue weighted by Crippen LogP contribution is 2.19. The fourth-order valence-electron chi connectivity index (χ4n) is 2.26. The third-order valence-electron chi connectivity index (χ3n) is 3.45. The summed E-state index contributed by atoms with van der Waals surface area (Å²) in [5.74, 6) is -1.86. The molecule has 1 aromatic carbocycles. The van der Waals surface area contributed by atoms with Crippen molar-refractivity contribution in [2.45, 2.75) is 25.8 Å². The first-order valence-electron chi connectivity index (χ1n) is 6.78. The second-order valence-electron chi connectivity index (χ2n) is 4.86. The number of para-hydroxylation sites is 1. The van der Waals surface area contributed by atoms with E-state index in [0.717, 1.165) is 4.90 Å². The van der Waals surface area contributed by atoms with E-state index in [1.807, 2.05) is 0 Å². The molecule has 2 rings (SSSR count). The number of nitrogens with zero attached hydrogens (tertiary/aromatic N) is 1. The number of likely N-dealkylation sites (tertiary alicyclic amines) is 1. The van der Waals surface area contributed by atoms with E-state index < -0.39 is 17.9 Å². The molecular formula is C15H16N2O5. The average Bonchev–Trinajstić information content (AvgIpc) is 2.85. The summed E-state index contributed by atoms with van der Waals surface area (Å²) in [6.45, 7) is 1.47. The van der Waals surface area contributed by atoms with Crippen LogP contribution in [0.1, 0.15) is 30.1 Å². The fourth-order valence-corrected chi connectivity index (χ4v) is 2.26. The molecular weight excluding hydrogens is 288 g/mol. The monoisotopic (exact) mass is 304 g/mol. The Morgan fingerprint density at radius 2 is 1.77 bits per heavy atom. The topological polar surface area (TPSA) is 92.8 Å². The molecule has 1 atom stereocenters. The van der Waals surface area contributed by atoms with Crippen LogP contribution in [0.3, 0.4) is 0 Å². The number of esters is 1. The first-order chi connectivity index (χ1) is 10.5. The Labute approximate surface area is 127 Å². The van der Waals surface area contributed by atoms with Crippen LogP contribution >= 0.6 is 0 Å². The molecule has 1 fully saturated rings. The number of benzene rings is 1. The Morgan fingerprint density at radius 1 is 1.18 bits per heavy atom. The van der Waals surface area contributed by atoms with Crippen molar-refractivity contribution in [2.24, 2.45) is 0 Å². The van der Waals surface area contributed by atoms with Gasteiger partial charge in [0.05, 0.1) is 18.4 Å². The normalized spacial score (nSPS) is 15.6. The summed E-state index contributed by atoms with van der Waals surface area (Å²) in [5.41, 5.74) is 0.468. The van der Waals surface area contributed by atoms with Crippen LogP contribution in [0.25, 0.3) is 0 Å². The zero-order chi connectivity index (χ0) is 16.3. The Kier molecular flexibility index (Phi) is 4.55. The minimum Gasteiger partial charge on any atom is -0.465 e. The van der Waals surface area contributed by atoms with Crippen LogP contribution in [-0.2, 0) is 19.1 Å². The number of rotatable bonds is 4. The molecule has 0 bridgehead atoms. The molecule has 3 amide bonds. The number of amides is 3. The number of carbonyl (C=O) groups excluding carboxylic acids is 4. The van der Waals surface area contributed by atoms with Crippen molar-refractivity contribution in [1.29, 1.82) is 0 Å². The van der Waals surface area contributed by atoms with Crippen LogP contribution in [0, 0.1) is 0 Å². The van der Waals surface area contributed by atoms with Crippen LogP contribution < -0.4 is 5.32 Å². The first kappa shape index (κ1) is 15.7. The maximum atomic E-state index is 12.2. The van der Waals surface area contributed by atoms with Gasteiger partial charge in [-0.05, 0) is 19.1 Å². The van der Waals surface area contributed by atoms with Crippen LogP contribution in [0.5, 0.6) is 0 Å². The molecule has 1 saturated heterocycles. The second-order valence-corrected chi connectivity index (χ2v) is 4.86. The molecule has 1 aliphatic rings. The number of methoxy groups -OCH3 is 1. The summed E-state index contributed by atoms with van der Waals surface area (Å²) in [5, 5.41) is 2.56. The van der Waals surface area contributed by atoms with Gasteiger partial charge in [-0.15, -0.1) is 0 Å². The molecule has 1 aliphatic heterocycles. The molecule has 7 nitrogen and oxygen atoms in total. The summed E-state index contributed by atoms with van der Waals surface area (Å²) < 4.78 is 4.64. The minimum absolute atomic E-state index is 0.120. The molecule has 0 unspecified atom stereocenters. The van der Waals surface area contributed by atoms with Gasteiger partial charge in [-0.1, -0.05) is 12.1 Å². The summed E-state index contributed by atoms with van der Waals surface area (Å²) >= 11 is 0. The highest BCUT2D eigenvalue weighted by atomic mass is 16.5. The van der Waals surface area contributed by atoms with Crippen LogP contribution in [0.2, 0.25) is 0 Å². The van der Waals surface area contributed by atoms with Gasteiger partial charge in [-0.2, -0.15) is 0 Å². The number of hydrogen-bond donors (Lipinski definition) is 1. The van der Waals surface area contributed by atoms with Crippen molar-refractivity contribution in [3.05, 3.63) is 29.8 Å². The van der Waals surface area contributed by atoms with E-state index in [1.165, 1.54) is 20.1 Å². The number of anilines is 1. The molecule has 116 valence electrons. The molecule has 1 heterocycles. The smallest absolute Gasteiger partial charge is 0.339 e. The average molecular weight is 304 g/mol. The highest BCUT2D eigenvalue weighted by molar-refractivity contribution is 6.09. The summed E-state index contributed by atoms with van der Waals surface area (Å²) in [7, 11) is 1.24. The Morgan fingerprint density at radius 3 is 2.36 bits per heavy atom. The maximum absolute atomic E-state index is 12.2. The van der Waals surface area contributed by atoms with E-state index in [2.05, 4.69) is 10.1 Å². The second kappa shape index (κ2) is 6.38. The first-order valence-corrected chi connectivity index (χ1v) is 6.78. The van der Waals surface area contributed by atoms with E-state index in [-0.39, 0.29) is 35.9 Å². The van der Waals surface area contributed by atoms with Crippen molar-refractivity contribution in [2.75, 3.05) is 12.4 Å². The third kappa shape index (κ3) is 2.98. The molecule has 0 saturated carbocycles. The fraction of sp³-hybridized carbons (Fsp3) is 0.333. The molecule has 0 spiro atoms. The van der Waals surface area contributed by atoms with Crippen molar-refractivity contribution in [3.63, 3.8) is 0 Å². The van der Waals surface area contributed by atoms with Gasteiger partial charge in [-0.25, -0.2) is 4.79 Å². The minimum atomic E-state index is -0.937. The lowest BCUT2D eigenvalue weighted by Gasteiger charge is -2.22. The van der Waals surface area contributed by atoms with Crippen molar-refractivity contribution < 1.29 is 23.9 Å². The van der Waals surface area contributed by atoms with Gasteiger partial charge in [0.25, 0.3) is 0 Å². The van der Waals surface area contributed by atoms with Crippen LogP contribution in [-0.4, -0.2) is 41.7 Å². The Bertz CT molecular complexity index is 625. The third-order valence-corrected chi connectivity index (χ3v) is 3.45. The molecule has 0 radical (unpaired) electrons. The maximum Gasteiger partial charge on any atom is 0.339 e. The van der Waals surface area contributed by atoms with Crippen molar-refractivity contribution in [3.8, 4) is 0 Å². The SMILES string of the molecule is COC(=O)c1ccccc1NC(=O)[C@H](C)N1C(=O)CCC1=O. The van der Waals surface area contributed by atoms with E-state index in [4.69, 9.17) is 0 Å². The molecule has 7 heteroatoms. The zero-order valence-corrected chi connectivity index (χ0v) is 12.3. The Balaban J connectivity index is 2.17. The molecule has 22 heavy (non-hydrogen) atoms. The van der Waals surface area contributed by atoms with Gasteiger partial charge in [0.15, 0.2) is 0 Å². The van der Waals surface area contributed by atoms with E-state index in [9.17, 15) is 19.2 Å². The summed E-state index contributed by atoms with van der Waals surface area (Å²) in [6.07, 6.45) is 0.240. The lowest BCUT2D eigenvalue weighted by molar-refractivity contribution is -0.144. The standard InChI is InChI=1S/C15H16N2O5/c1-9(17-12(18)7-8-13(17)19)14(20)16-11-6-4-3-5-10(11)15(21)22-2/h3-6,9H,7-8H2,1-2H3,(H,16,20)/t9-/m0/s1. The van der Waals surface area contributed by atoms with Gasteiger partial charge in [0, 0.05) is 12.8 Å². The molecule has 1 aromatic rings. The predicted octanol–water partition coefficient (Wildman–Crippen LogP) is 0.949. The largest absolute Gasteiger partial charge is 0.465 e. The number of hydrogen-bond acceptors (Lipinski definition) is 5. The Hall–Kier alpha value is -2.70. The highest BCUT2D eigenvalue weighted by Gasteiger charge is 2.36. The number of imide groups is 1. The van der Waals surface area contributed by atoms with E-state index in [0.29, 0.717) is 0 Å². The lowest BCUT2D eigenvalue weighted by Crippen LogP contribution is -2.45. The zero-order valence-electron chi connectivity index (χ0n) is 12.3. The van der Waals surface area contributed by atoms with Crippen LogP contribution in [0.4, 0.5) is 5.69 Å². The van der Waals surface area contributed by atoms with Gasteiger partial charge < -0.3 is 10.1 Å². The number of carbonyl (C=O) groups is 4. The molecule has 1 N–H and O–H groups in total. The van der Waals surface area contributed by atoms with Crippen molar-refractivity contribution in [1.82, 2.24) is 4.90 Å². The molecule has 0 aromatic heterocycles. The van der Waals surface area contributed by atoms with Crippen LogP contribution in [0.15, 0.2) is 24.3 Å². The summed E-state index contributed by atoms with van der Waals surface area (Å²) in [4.78, 5) is 48.2. The van der Waals surface area contributed by atoms with E-state index >= 15 is 0 Å². The van der Waals surface area contributed by atoms with Crippen molar-refractivity contribution >= 4 is 29.4 Å².